The molecule has 0 unspecified atom stereocenters. The normalized spacial score (nSPS) is 18.2. The maximum absolute atomic E-state index is 11.1. The number of aliphatic hydroxyl groups is 1. The number of amides is 1. The maximum Gasteiger partial charge on any atom is 0.236 e. The molecular weight excluding hydrogens is 188 g/mol. The molecule has 5 heteroatoms. The second kappa shape index (κ2) is 7.17. The van der Waals surface area contributed by atoms with Gasteiger partial charge in [-0.3, -0.25) is 9.69 Å². The molecule has 0 aromatic rings. The summed E-state index contributed by atoms with van der Waals surface area (Å²) in [5.74, 6) is 0.143. The van der Waals surface area contributed by atoms with E-state index in [0.29, 0.717) is 13.1 Å². The summed E-state index contributed by atoms with van der Waals surface area (Å²) in [6.07, 6.45) is 1.69. The first kappa shape index (κ1) is 12.7. The van der Waals surface area contributed by atoms with Gasteiger partial charge in [0.15, 0.2) is 0 Å². The van der Waals surface area contributed by atoms with Crippen LogP contribution in [0.3, 0.4) is 0 Å². The van der Waals surface area contributed by atoms with E-state index in [2.05, 4.69) is 12.6 Å². The van der Waals surface area contributed by atoms with Gasteiger partial charge in [-0.1, -0.05) is 0 Å². The van der Waals surface area contributed by atoms with Crippen LogP contribution in [0.25, 0.3) is 0 Å². The minimum absolute atomic E-state index is 0.136. The molecule has 0 atom stereocenters. The predicted molar refractivity (Wildman–Crippen MR) is 56.1 cm³/mol. The number of hydrogen-bond donors (Lipinski definition) is 2. The minimum Gasteiger partial charge on any atom is -0.395 e. The zero-order chi connectivity index (χ0) is 10.3. The van der Waals surface area contributed by atoms with Crippen molar-refractivity contribution in [3.8, 4) is 0 Å². The Labute approximate surface area is 84.9 Å². The lowest BCUT2D eigenvalue weighted by molar-refractivity contribution is -0.134. The first-order chi connectivity index (χ1) is 6.24. The van der Waals surface area contributed by atoms with Gasteiger partial charge in [0, 0.05) is 26.7 Å². The molecule has 1 fully saturated rings. The van der Waals surface area contributed by atoms with Crippen LogP contribution < -0.4 is 0 Å². The fourth-order valence-electron chi connectivity index (χ4n) is 1.14. The molecule has 0 radical (unpaired) electrons. The van der Waals surface area contributed by atoms with Crippen molar-refractivity contribution in [2.24, 2.45) is 0 Å². The number of carbonyl (C=O) groups excluding carboxylic acids is 1. The zero-order valence-corrected chi connectivity index (χ0v) is 9.13. The number of β-amino-alcohol motifs (C(OH)–C–C–N with tert-alkyl or cyclic N) is 1. The maximum atomic E-state index is 11.1. The molecule has 0 aromatic heterocycles. The Morgan fingerprint density at radius 1 is 1.46 bits per heavy atom. The fraction of sp³-hybridized carbons (Fsp3) is 0.875. The fourth-order valence-corrected chi connectivity index (χ4v) is 1.14. The zero-order valence-electron chi connectivity index (χ0n) is 8.23. The number of aliphatic hydroxyl groups excluding tert-OH is 1. The molecule has 0 aromatic carbocycles. The number of thiol groups is 1. The van der Waals surface area contributed by atoms with Crippen LogP contribution in [0, 0.1) is 0 Å². The van der Waals surface area contributed by atoms with E-state index in [4.69, 9.17) is 5.11 Å². The summed E-state index contributed by atoms with van der Waals surface area (Å²) >= 11 is 3.53. The topological polar surface area (TPSA) is 43.8 Å². The molecule has 1 aliphatic rings. The summed E-state index contributed by atoms with van der Waals surface area (Å²) in [6.45, 7) is 2.86. The third-order valence-corrected chi connectivity index (χ3v) is 1.95. The van der Waals surface area contributed by atoms with Crippen molar-refractivity contribution in [2.45, 2.75) is 0 Å². The molecule has 1 amide bonds. The summed E-state index contributed by atoms with van der Waals surface area (Å²) in [6, 6.07) is 0. The van der Waals surface area contributed by atoms with Gasteiger partial charge in [-0.05, 0) is 6.26 Å². The molecule has 0 aliphatic carbocycles. The second-order valence-electron chi connectivity index (χ2n) is 2.82. The van der Waals surface area contributed by atoms with Crippen molar-refractivity contribution in [3.05, 3.63) is 0 Å². The van der Waals surface area contributed by atoms with Gasteiger partial charge in [-0.2, -0.15) is 12.6 Å². The largest absolute Gasteiger partial charge is 0.395 e. The van der Waals surface area contributed by atoms with Crippen LogP contribution in [0.4, 0.5) is 0 Å². The molecule has 4 nitrogen and oxygen atoms in total. The van der Waals surface area contributed by atoms with E-state index in [-0.39, 0.29) is 12.5 Å². The van der Waals surface area contributed by atoms with Crippen molar-refractivity contribution < 1.29 is 9.90 Å². The van der Waals surface area contributed by atoms with E-state index < -0.39 is 0 Å². The summed E-state index contributed by atoms with van der Waals surface area (Å²) in [5.41, 5.74) is 0. The highest BCUT2D eigenvalue weighted by Crippen LogP contribution is 1.98. The molecule has 0 saturated carbocycles. The Bertz CT molecular complexity index is 155. The molecule has 1 heterocycles. The number of piperazine rings is 1. The monoisotopic (exact) mass is 206 g/mol. The quantitative estimate of drug-likeness (QED) is 0.587. The van der Waals surface area contributed by atoms with Gasteiger partial charge < -0.3 is 10.0 Å². The third-order valence-electron chi connectivity index (χ3n) is 1.95. The number of rotatable bonds is 2. The summed E-state index contributed by atoms with van der Waals surface area (Å²) in [7, 11) is 1.80. The van der Waals surface area contributed by atoms with E-state index in [0.717, 1.165) is 13.1 Å². The summed E-state index contributed by atoms with van der Waals surface area (Å²) in [5, 5.41) is 8.60. The van der Waals surface area contributed by atoms with E-state index in [1.165, 1.54) is 0 Å². The van der Waals surface area contributed by atoms with Crippen LogP contribution in [0.15, 0.2) is 0 Å². The first-order valence-electron chi connectivity index (χ1n) is 4.26. The average molecular weight is 206 g/mol. The van der Waals surface area contributed by atoms with Crippen LogP contribution in [0.1, 0.15) is 0 Å². The summed E-state index contributed by atoms with van der Waals surface area (Å²) < 4.78 is 0. The molecule has 78 valence electrons. The Hall–Kier alpha value is -0.260. The van der Waals surface area contributed by atoms with Crippen LogP contribution in [-0.4, -0.2) is 66.9 Å². The molecule has 0 spiro atoms. The highest BCUT2D eigenvalue weighted by atomic mass is 32.1. The van der Waals surface area contributed by atoms with Gasteiger partial charge in [-0.15, -0.1) is 0 Å². The van der Waals surface area contributed by atoms with Crippen molar-refractivity contribution in [3.63, 3.8) is 0 Å². The number of nitrogens with zero attached hydrogens (tertiary/aromatic N) is 2. The van der Waals surface area contributed by atoms with Crippen molar-refractivity contribution in [1.29, 1.82) is 0 Å². The van der Waals surface area contributed by atoms with Gasteiger partial charge >= 0.3 is 0 Å². The van der Waals surface area contributed by atoms with Crippen LogP contribution >= 0.6 is 12.6 Å². The van der Waals surface area contributed by atoms with E-state index in [9.17, 15) is 4.79 Å². The van der Waals surface area contributed by atoms with Crippen LogP contribution in [0.2, 0.25) is 0 Å². The summed E-state index contributed by atoms with van der Waals surface area (Å²) in [4.78, 5) is 14.8. The van der Waals surface area contributed by atoms with E-state index in [1.807, 2.05) is 4.90 Å². The number of hydrogen-bond acceptors (Lipinski definition) is 4. The molecular formula is C8H18N2O2S. The Kier molecular flexibility index (Phi) is 7.03. The molecule has 13 heavy (non-hydrogen) atoms. The van der Waals surface area contributed by atoms with E-state index >= 15 is 0 Å². The smallest absolute Gasteiger partial charge is 0.236 e. The van der Waals surface area contributed by atoms with Gasteiger partial charge in [0.1, 0.15) is 0 Å². The molecule has 1 saturated heterocycles. The molecule has 1 N–H and O–H groups in total. The lowest BCUT2D eigenvalue weighted by Crippen LogP contribution is -2.49. The van der Waals surface area contributed by atoms with Gasteiger partial charge in [0.2, 0.25) is 5.91 Å². The Balaban J connectivity index is 0.000000671. The van der Waals surface area contributed by atoms with Crippen LogP contribution in [-0.2, 0) is 4.79 Å². The Morgan fingerprint density at radius 2 is 2.08 bits per heavy atom. The molecule has 0 bridgehead atoms. The lowest BCUT2D eigenvalue weighted by Gasteiger charge is -2.31. The minimum atomic E-state index is 0.136. The average Bonchev–Trinajstić information content (AvgIpc) is 2.15. The standard InChI is InChI=1S/C7H14N2O2.CH4S/c1-8-2-3-9(4-5-10)6-7(8)11;1-2/h10H,2-6H2,1H3;2H,1H3. The first-order valence-corrected chi connectivity index (χ1v) is 5.15. The van der Waals surface area contributed by atoms with Crippen molar-refractivity contribution in [2.75, 3.05) is 46.1 Å². The molecule has 1 aliphatic heterocycles. The number of likely N-dealkylation sites (N-methyl/N-ethyl adjacent to an activating group) is 1. The highest BCUT2D eigenvalue weighted by molar-refractivity contribution is 7.79. The lowest BCUT2D eigenvalue weighted by atomic mass is 10.3. The number of carbonyl (C=O) groups is 1. The van der Waals surface area contributed by atoms with Gasteiger partial charge in [-0.25, -0.2) is 0 Å². The van der Waals surface area contributed by atoms with E-state index in [1.54, 1.807) is 18.2 Å². The predicted octanol–water partition coefficient (Wildman–Crippen LogP) is -0.701. The SMILES string of the molecule is CN1CCN(CCO)CC1=O.CS. The third kappa shape index (κ3) is 4.50. The Morgan fingerprint density at radius 3 is 2.54 bits per heavy atom. The second-order valence-corrected chi connectivity index (χ2v) is 2.82. The van der Waals surface area contributed by atoms with Crippen LogP contribution in [0.5, 0.6) is 0 Å². The highest BCUT2D eigenvalue weighted by Gasteiger charge is 2.19. The van der Waals surface area contributed by atoms with Gasteiger partial charge in [0.25, 0.3) is 0 Å². The van der Waals surface area contributed by atoms with Gasteiger partial charge in [0.05, 0.1) is 13.2 Å². The molecule has 1 rings (SSSR count). The van der Waals surface area contributed by atoms with Crippen molar-refractivity contribution in [1.82, 2.24) is 9.80 Å². The van der Waals surface area contributed by atoms with Crippen molar-refractivity contribution >= 4 is 18.5 Å².